The Hall–Kier alpha value is -3.35. The SMILES string of the molecule is Cc1ccc(N2[C@@H]3CC[C@H]2CN(c2cc(-c4ccccc4O)nnc2N)C3)cn1. The number of piperazine rings is 1. The van der Waals surface area contributed by atoms with Crippen LogP contribution in [0.5, 0.6) is 5.75 Å². The number of rotatable bonds is 3. The molecule has 2 saturated heterocycles. The monoisotopic (exact) mass is 388 g/mol. The smallest absolute Gasteiger partial charge is 0.169 e. The van der Waals surface area contributed by atoms with Gasteiger partial charge in [-0.2, -0.15) is 0 Å². The van der Waals surface area contributed by atoms with E-state index in [0.29, 0.717) is 29.2 Å². The van der Waals surface area contributed by atoms with Gasteiger partial charge in [0.25, 0.3) is 0 Å². The van der Waals surface area contributed by atoms with Crippen molar-refractivity contribution >= 4 is 17.2 Å². The predicted molar refractivity (Wildman–Crippen MR) is 114 cm³/mol. The minimum Gasteiger partial charge on any atom is -0.507 e. The summed E-state index contributed by atoms with van der Waals surface area (Å²) in [5.41, 5.74) is 10.6. The molecule has 1 aromatic carbocycles. The normalized spacial score (nSPS) is 20.9. The predicted octanol–water partition coefficient (Wildman–Crippen LogP) is 2.99. The first-order chi connectivity index (χ1) is 14.1. The summed E-state index contributed by atoms with van der Waals surface area (Å²) in [6, 6.07) is 14.2. The van der Waals surface area contributed by atoms with E-state index >= 15 is 0 Å². The number of para-hydroxylation sites is 1. The highest BCUT2D eigenvalue weighted by Crippen LogP contribution is 2.38. The van der Waals surface area contributed by atoms with Gasteiger partial charge in [-0.1, -0.05) is 12.1 Å². The van der Waals surface area contributed by atoms with Crippen molar-refractivity contribution in [2.75, 3.05) is 28.6 Å². The number of aromatic hydroxyl groups is 1. The molecule has 3 aromatic rings. The number of nitrogens with zero attached hydrogens (tertiary/aromatic N) is 5. The molecule has 0 amide bonds. The Kier molecular flexibility index (Phi) is 4.23. The number of aromatic nitrogens is 3. The van der Waals surface area contributed by atoms with Gasteiger partial charge < -0.3 is 20.6 Å². The van der Waals surface area contributed by atoms with Crippen LogP contribution in [0, 0.1) is 6.92 Å². The molecule has 4 heterocycles. The van der Waals surface area contributed by atoms with Crippen LogP contribution in [0.15, 0.2) is 48.7 Å². The number of nitrogens with two attached hydrogens (primary N) is 1. The second-order valence-corrected chi connectivity index (χ2v) is 7.87. The number of nitrogen functional groups attached to an aromatic ring is 1. The molecule has 0 saturated carbocycles. The number of pyridine rings is 1. The van der Waals surface area contributed by atoms with Crippen LogP contribution in [0.4, 0.5) is 17.2 Å². The van der Waals surface area contributed by atoms with E-state index in [4.69, 9.17) is 5.73 Å². The van der Waals surface area contributed by atoms with Gasteiger partial charge >= 0.3 is 0 Å². The highest BCUT2D eigenvalue weighted by Gasteiger charge is 2.40. The maximum absolute atomic E-state index is 10.2. The molecule has 0 radical (unpaired) electrons. The quantitative estimate of drug-likeness (QED) is 0.713. The average Bonchev–Trinajstić information content (AvgIpc) is 2.99. The van der Waals surface area contributed by atoms with Crippen LogP contribution in [-0.4, -0.2) is 45.5 Å². The molecular weight excluding hydrogens is 364 g/mol. The van der Waals surface area contributed by atoms with Crippen LogP contribution in [0.25, 0.3) is 11.3 Å². The molecule has 2 aliphatic rings. The molecule has 2 bridgehead atoms. The van der Waals surface area contributed by atoms with Crippen molar-refractivity contribution in [1.82, 2.24) is 15.2 Å². The van der Waals surface area contributed by atoms with Crippen molar-refractivity contribution in [2.45, 2.75) is 31.8 Å². The molecule has 7 nitrogen and oxygen atoms in total. The van der Waals surface area contributed by atoms with Crippen LogP contribution in [0.3, 0.4) is 0 Å². The van der Waals surface area contributed by atoms with Gasteiger partial charge in [-0.3, -0.25) is 4.98 Å². The van der Waals surface area contributed by atoms with Gasteiger partial charge in [-0.05, 0) is 50.1 Å². The number of phenols is 1. The molecule has 29 heavy (non-hydrogen) atoms. The Morgan fingerprint density at radius 2 is 1.79 bits per heavy atom. The van der Waals surface area contributed by atoms with E-state index in [0.717, 1.165) is 37.3 Å². The molecule has 0 spiro atoms. The summed E-state index contributed by atoms with van der Waals surface area (Å²) in [6.45, 7) is 3.76. The van der Waals surface area contributed by atoms with Gasteiger partial charge in [0.1, 0.15) is 5.75 Å². The van der Waals surface area contributed by atoms with Gasteiger partial charge in [-0.15, -0.1) is 10.2 Å². The number of benzene rings is 1. The summed E-state index contributed by atoms with van der Waals surface area (Å²) in [5.74, 6) is 0.614. The third-order valence-electron chi connectivity index (χ3n) is 6.00. The number of fused-ring (bicyclic) bond motifs is 2. The Morgan fingerprint density at radius 3 is 2.48 bits per heavy atom. The second kappa shape index (κ2) is 6.92. The maximum Gasteiger partial charge on any atom is 0.169 e. The van der Waals surface area contributed by atoms with E-state index in [1.54, 1.807) is 12.1 Å². The highest BCUT2D eigenvalue weighted by molar-refractivity contribution is 5.74. The van der Waals surface area contributed by atoms with Crippen molar-refractivity contribution in [3.63, 3.8) is 0 Å². The Labute approximate surface area is 169 Å². The minimum atomic E-state index is 0.189. The fourth-order valence-electron chi connectivity index (χ4n) is 4.60. The fraction of sp³-hybridized carbons (Fsp3) is 0.318. The van der Waals surface area contributed by atoms with Crippen molar-refractivity contribution < 1.29 is 5.11 Å². The third kappa shape index (κ3) is 3.12. The lowest BCUT2D eigenvalue weighted by molar-refractivity contribution is 0.477. The standard InChI is InChI=1S/C22H24N6O/c1-14-6-7-15(11-24-14)28-16-8-9-17(28)13-27(12-16)20-10-19(25-26-22(20)23)18-4-2-3-5-21(18)29/h2-7,10-11,16-17,29H,8-9,12-13H2,1H3,(H2,23,26)/t16-,17+. The third-order valence-corrected chi connectivity index (χ3v) is 6.00. The maximum atomic E-state index is 10.2. The van der Waals surface area contributed by atoms with Crippen LogP contribution in [0.1, 0.15) is 18.5 Å². The van der Waals surface area contributed by atoms with E-state index < -0.39 is 0 Å². The molecule has 0 aliphatic carbocycles. The first-order valence-corrected chi connectivity index (χ1v) is 9.97. The number of phenolic OH excluding ortho intramolecular Hbond substituents is 1. The van der Waals surface area contributed by atoms with E-state index in [-0.39, 0.29) is 5.75 Å². The summed E-state index contributed by atoms with van der Waals surface area (Å²) in [7, 11) is 0. The molecule has 2 atom stereocenters. The zero-order chi connectivity index (χ0) is 20.0. The summed E-state index contributed by atoms with van der Waals surface area (Å²) in [5, 5.41) is 18.6. The minimum absolute atomic E-state index is 0.189. The molecule has 2 aliphatic heterocycles. The van der Waals surface area contributed by atoms with E-state index in [9.17, 15) is 5.11 Å². The van der Waals surface area contributed by atoms with Crippen molar-refractivity contribution in [1.29, 1.82) is 0 Å². The van der Waals surface area contributed by atoms with E-state index in [1.807, 2.05) is 31.3 Å². The van der Waals surface area contributed by atoms with E-state index in [1.165, 1.54) is 5.69 Å². The topological polar surface area (TPSA) is 91.4 Å². The molecule has 3 N–H and O–H groups in total. The Morgan fingerprint density at radius 1 is 1.03 bits per heavy atom. The number of hydrogen-bond donors (Lipinski definition) is 2. The number of aryl methyl sites for hydroxylation is 1. The molecule has 148 valence electrons. The summed E-state index contributed by atoms with van der Waals surface area (Å²) < 4.78 is 0. The summed E-state index contributed by atoms with van der Waals surface area (Å²) in [4.78, 5) is 9.30. The lowest BCUT2D eigenvalue weighted by Gasteiger charge is -2.43. The molecule has 0 unspecified atom stereocenters. The van der Waals surface area contributed by atoms with Gasteiger partial charge in [0.2, 0.25) is 0 Å². The van der Waals surface area contributed by atoms with Crippen molar-refractivity contribution in [3.05, 3.63) is 54.4 Å². The average molecular weight is 388 g/mol. The molecule has 2 fully saturated rings. The second-order valence-electron chi connectivity index (χ2n) is 7.87. The van der Waals surface area contributed by atoms with Gasteiger partial charge in [0, 0.05) is 36.4 Å². The van der Waals surface area contributed by atoms with Crippen LogP contribution in [0.2, 0.25) is 0 Å². The number of hydrogen-bond acceptors (Lipinski definition) is 7. The molecule has 5 rings (SSSR count). The van der Waals surface area contributed by atoms with Gasteiger partial charge in [0.15, 0.2) is 5.82 Å². The van der Waals surface area contributed by atoms with Crippen LogP contribution in [-0.2, 0) is 0 Å². The first kappa shape index (κ1) is 17.7. The first-order valence-electron chi connectivity index (χ1n) is 9.97. The fourth-order valence-corrected chi connectivity index (χ4v) is 4.60. The molecular formula is C22H24N6O. The largest absolute Gasteiger partial charge is 0.507 e. The van der Waals surface area contributed by atoms with E-state index in [2.05, 4.69) is 37.1 Å². The van der Waals surface area contributed by atoms with Crippen molar-refractivity contribution in [3.8, 4) is 17.0 Å². The number of anilines is 3. The Bertz CT molecular complexity index is 1020. The van der Waals surface area contributed by atoms with Crippen LogP contribution < -0.4 is 15.5 Å². The van der Waals surface area contributed by atoms with Gasteiger partial charge in [0.05, 0.1) is 23.3 Å². The summed E-state index contributed by atoms with van der Waals surface area (Å²) in [6.07, 6.45) is 4.29. The zero-order valence-corrected chi connectivity index (χ0v) is 16.4. The lowest BCUT2D eigenvalue weighted by atomic mass is 10.1. The Balaban J connectivity index is 1.44. The molecule has 2 aromatic heterocycles. The highest BCUT2D eigenvalue weighted by atomic mass is 16.3. The lowest BCUT2D eigenvalue weighted by Crippen LogP contribution is -2.54. The van der Waals surface area contributed by atoms with Gasteiger partial charge in [-0.25, -0.2) is 0 Å². The van der Waals surface area contributed by atoms with Crippen LogP contribution >= 0.6 is 0 Å². The summed E-state index contributed by atoms with van der Waals surface area (Å²) >= 11 is 0. The molecule has 7 heteroatoms. The zero-order valence-electron chi connectivity index (χ0n) is 16.4. The van der Waals surface area contributed by atoms with Crippen molar-refractivity contribution in [2.24, 2.45) is 0 Å².